The second kappa shape index (κ2) is 4.88. The van der Waals surface area contributed by atoms with Gasteiger partial charge >= 0.3 is 0 Å². The highest BCUT2D eigenvalue weighted by atomic mass is 32.1. The minimum Gasteiger partial charge on any atom is -0.309 e. The normalized spacial score (nSPS) is 12.7. The lowest BCUT2D eigenvalue weighted by Crippen LogP contribution is -2.16. The van der Waals surface area contributed by atoms with Crippen molar-refractivity contribution in [1.29, 1.82) is 0 Å². The number of nitrogens with zero attached hydrogens (tertiary/aromatic N) is 1. The van der Waals surface area contributed by atoms with Gasteiger partial charge in [-0.1, -0.05) is 24.3 Å². The second-order valence-corrected chi connectivity index (χ2v) is 5.13. The Kier molecular flexibility index (Phi) is 3.09. The Bertz CT molecular complexity index is 641. The van der Waals surface area contributed by atoms with E-state index in [-0.39, 0.29) is 6.04 Å². The summed E-state index contributed by atoms with van der Waals surface area (Å²) in [6, 6.07) is 14.9. The summed E-state index contributed by atoms with van der Waals surface area (Å²) in [5, 5.41) is 6.73. The third kappa shape index (κ3) is 1.92. The van der Waals surface area contributed by atoms with Gasteiger partial charge in [-0.15, -0.1) is 11.3 Å². The molecule has 1 aromatic carbocycles. The quantitative estimate of drug-likeness (QED) is 0.772. The van der Waals surface area contributed by atoms with Gasteiger partial charge in [0.05, 0.1) is 11.6 Å². The highest BCUT2D eigenvalue weighted by Gasteiger charge is 2.15. The minimum atomic E-state index is 0.234. The molecule has 1 atom stereocenters. The van der Waals surface area contributed by atoms with Crippen molar-refractivity contribution in [1.82, 2.24) is 10.3 Å². The molecule has 0 aliphatic heterocycles. The molecule has 0 aliphatic rings. The fourth-order valence-electron chi connectivity index (χ4n) is 2.28. The molecule has 0 bridgehead atoms. The molecule has 2 aromatic heterocycles. The molecule has 3 aromatic rings. The zero-order chi connectivity index (χ0) is 12.4. The topological polar surface area (TPSA) is 24.9 Å². The first kappa shape index (κ1) is 11.4. The first-order chi connectivity index (χ1) is 8.90. The van der Waals surface area contributed by atoms with E-state index in [1.807, 2.05) is 19.3 Å². The number of hydrogen-bond donors (Lipinski definition) is 1. The molecule has 18 heavy (non-hydrogen) atoms. The predicted octanol–water partition coefficient (Wildman–Crippen LogP) is 3.61. The van der Waals surface area contributed by atoms with Crippen LogP contribution in [0.1, 0.15) is 16.5 Å². The van der Waals surface area contributed by atoms with Crippen LogP contribution in [-0.4, -0.2) is 12.0 Å². The molecule has 3 rings (SSSR count). The second-order valence-electron chi connectivity index (χ2n) is 4.15. The number of aromatic nitrogens is 1. The molecular weight excluding hydrogens is 240 g/mol. The van der Waals surface area contributed by atoms with Gasteiger partial charge < -0.3 is 5.32 Å². The van der Waals surface area contributed by atoms with Gasteiger partial charge in [-0.05, 0) is 36.2 Å². The summed E-state index contributed by atoms with van der Waals surface area (Å²) in [6.45, 7) is 0. The Morgan fingerprint density at radius 3 is 2.78 bits per heavy atom. The van der Waals surface area contributed by atoms with Crippen molar-refractivity contribution in [3.05, 3.63) is 64.5 Å². The molecule has 1 unspecified atom stereocenters. The largest absolute Gasteiger partial charge is 0.309 e. The van der Waals surface area contributed by atoms with E-state index in [1.165, 1.54) is 15.8 Å². The molecule has 1 N–H and O–H groups in total. The van der Waals surface area contributed by atoms with Crippen molar-refractivity contribution in [3.63, 3.8) is 0 Å². The number of pyridine rings is 1. The van der Waals surface area contributed by atoms with Crippen LogP contribution in [-0.2, 0) is 0 Å². The fraction of sp³-hybridized carbons (Fsp3) is 0.133. The minimum absolute atomic E-state index is 0.234. The first-order valence-corrected chi connectivity index (χ1v) is 6.82. The fourth-order valence-corrected chi connectivity index (χ4v) is 3.13. The van der Waals surface area contributed by atoms with E-state index < -0.39 is 0 Å². The zero-order valence-corrected chi connectivity index (χ0v) is 10.9. The summed E-state index contributed by atoms with van der Waals surface area (Å²) in [5.41, 5.74) is 2.33. The van der Waals surface area contributed by atoms with Gasteiger partial charge in [0.25, 0.3) is 0 Å². The smallest absolute Gasteiger partial charge is 0.0705 e. The van der Waals surface area contributed by atoms with Crippen molar-refractivity contribution < 1.29 is 0 Å². The van der Waals surface area contributed by atoms with Crippen LogP contribution in [0, 0.1) is 0 Å². The van der Waals surface area contributed by atoms with Gasteiger partial charge in [0.2, 0.25) is 0 Å². The number of hydrogen-bond acceptors (Lipinski definition) is 3. The van der Waals surface area contributed by atoms with E-state index in [4.69, 9.17) is 0 Å². The Morgan fingerprint density at radius 2 is 2.00 bits per heavy atom. The van der Waals surface area contributed by atoms with Crippen molar-refractivity contribution in [2.75, 3.05) is 7.05 Å². The van der Waals surface area contributed by atoms with Gasteiger partial charge in [-0.25, -0.2) is 0 Å². The van der Waals surface area contributed by atoms with Crippen LogP contribution in [0.25, 0.3) is 10.9 Å². The number of para-hydroxylation sites is 1. The van der Waals surface area contributed by atoms with E-state index >= 15 is 0 Å². The Hall–Kier alpha value is -1.71. The Labute approximate surface area is 110 Å². The SMILES string of the molecule is CNC(c1cccs1)c1ccnc2ccccc12. The first-order valence-electron chi connectivity index (χ1n) is 5.94. The zero-order valence-electron chi connectivity index (χ0n) is 10.1. The number of benzene rings is 1. The van der Waals surface area contributed by atoms with Crippen LogP contribution >= 0.6 is 11.3 Å². The van der Waals surface area contributed by atoms with Crippen LogP contribution < -0.4 is 5.32 Å². The van der Waals surface area contributed by atoms with Crippen LogP contribution in [0.2, 0.25) is 0 Å². The Balaban J connectivity index is 2.18. The summed E-state index contributed by atoms with van der Waals surface area (Å²) >= 11 is 1.78. The molecule has 90 valence electrons. The summed E-state index contributed by atoms with van der Waals surface area (Å²) in [5.74, 6) is 0. The summed E-state index contributed by atoms with van der Waals surface area (Å²) < 4.78 is 0. The molecule has 2 nitrogen and oxygen atoms in total. The summed E-state index contributed by atoms with van der Waals surface area (Å²) in [4.78, 5) is 5.74. The van der Waals surface area contributed by atoms with E-state index in [1.54, 1.807) is 11.3 Å². The molecule has 0 saturated carbocycles. The monoisotopic (exact) mass is 254 g/mol. The lowest BCUT2D eigenvalue weighted by atomic mass is 10.0. The van der Waals surface area contributed by atoms with Crippen molar-refractivity contribution in [2.45, 2.75) is 6.04 Å². The summed E-state index contributed by atoms with van der Waals surface area (Å²) in [6.07, 6.45) is 1.88. The third-order valence-electron chi connectivity index (χ3n) is 3.11. The van der Waals surface area contributed by atoms with Gasteiger partial charge in [0.1, 0.15) is 0 Å². The van der Waals surface area contributed by atoms with Crippen LogP contribution in [0.3, 0.4) is 0 Å². The standard InChI is InChI=1S/C15H14N2S/c1-16-15(14-7-4-10-18-14)12-8-9-17-13-6-3-2-5-11(12)13/h2-10,15-16H,1H3. The highest BCUT2D eigenvalue weighted by Crippen LogP contribution is 2.29. The lowest BCUT2D eigenvalue weighted by Gasteiger charge is -2.17. The molecule has 0 fully saturated rings. The van der Waals surface area contributed by atoms with Gasteiger partial charge in [0, 0.05) is 16.5 Å². The maximum atomic E-state index is 4.42. The molecule has 0 saturated heterocycles. The third-order valence-corrected chi connectivity index (χ3v) is 4.05. The van der Waals surface area contributed by atoms with Crippen molar-refractivity contribution >= 4 is 22.2 Å². The Morgan fingerprint density at radius 1 is 1.11 bits per heavy atom. The molecule has 0 spiro atoms. The number of nitrogens with one attached hydrogen (secondary N) is 1. The van der Waals surface area contributed by atoms with Crippen LogP contribution in [0.4, 0.5) is 0 Å². The highest BCUT2D eigenvalue weighted by molar-refractivity contribution is 7.10. The van der Waals surface area contributed by atoms with E-state index in [0.717, 1.165) is 5.52 Å². The summed E-state index contributed by atoms with van der Waals surface area (Å²) in [7, 11) is 2.00. The maximum absolute atomic E-state index is 4.42. The maximum Gasteiger partial charge on any atom is 0.0705 e. The van der Waals surface area contributed by atoms with E-state index in [0.29, 0.717) is 0 Å². The van der Waals surface area contributed by atoms with Crippen molar-refractivity contribution in [2.24, 2.45) is 0 Å². The number of fused-ring (bicyclic) bond motifs is 1. The van der Waals surface area contributed by atoms with E-state index in [9.17, 15) is 0 Å². The van der Waals surface area contributed by atoms with E-state index in [2.05, 4.69) is 52.1 Å². The average molecular weight is 254 g/mol. The molecule has 3 heteroatoms. The van der Waals surface area contributed by atoms with Crippen LogP contribution in [0.5, 0.6) is 0 Å². The molecule has 0 amide bonds. The predicted molar refractivity (Wildman–Crippen MR) is 77.0 cm³/mol. The van der Waals surface area contributed by atoms with Gasteiger partial charge in [-0.2, -0.15) is 0 Å². The molecule has 0 aliphatic carbocycles. The molecule has 0 radical (unpaired) electrons. The molecule has 2 heterocycles. The number of thiophene rings is 1. The van der Waals surface area contributed by atoms with Crippen LogP contribution in [0.15, 0.2) is 54.0 Å². The number of rotatable bonds is 3. The lowest BCUT2D eigenvalue weighted by molar-refractivity contribution is 0.708. The average Bonchev–Trinajstić information content (AvgIpc) is 2.94. The van der Waals surface area contributed by atoms with Gasteiger partial charge in [-0.3, -0.25) is 4.98 Å². The van der Waals surface area contributed by atoms with Crippen molar-refractivity contribution in [3.8, 4) is 0 Å². The molecular formula is C15H14N2S. The van der Waals surface area contributed by atoms with Gasteiger partial charge in [0.15, 0.2) is 0 Å².